The van der Waals surface area contributed by atoms with E-state index in [-0.39, 0.29) is 12.3 Å². The summed E-state index contributed by atoms with van der Waals surface area (Å²) in [6.07, 6.45) is 2.12. The highest BCUT2D eigenvalue weighted by atomic mass is 16.4. The summed E-state index contributed by atoms with van der Waals surface area (Å²) in [4.78, 5) is 22.5. The van der Waals surface area contributed by atoms with Crippen molar-refractivity contribution in [2.45, 2.75) is 38.6 Å². The first-order chi connectivity index (χ1) is 8.63. The maximum absolute atomic E-state index is 11.7. The number of rotatable bonds is 7. The predicted octanol–water partition coefficient (Wildman–Crippen LogP) is 2.51. The fourth-order valence-electron chi connectivity index (χ4n) is 1.72. The zero-order valence-electron chi connectivity index (χ0n) is 10.6. The molecule has 2 N–H and O–H groups in total. The molecule has 0 aliphatic heterocycles. The highest BCUT2D eigenvalue weighted by Gasteiger charge is 2.17. The average Bonchev–Trinajstić information content (AvgIpc) is 2.36. The standard InChI is InChI=1S/C14H19NO3/c1-2-3-9-13(16)15-12(10-14(17)18)11-7-5-4-6-8-11/h4-8,12H,2-3,9-10H2,1H3,(H,15,16)(H,17,18)/t12-/m1/s1. The van der Waals surface area contributed by atoms with E-state index in [1.165, 1.54) is 0 Å². The van der Waals surface area contributed by atoms with E-state index in [9.17, 15) is 9.59 Å². The molecule has 0 aliphatic rings. The van der Waals surface area contributed by atoms with E-state index in [0.29, 0.717) is 6.42 Å². The normalized spacial score (nSPS) is 11.8. The third kappa shape index (κ3) is 4.99. The minimum atomic E-state index is -0.917. The second kappa shape index (κ2) is 7.48. The lowest BCUT2D eigenvalue weighted by Crippen LogP contribution is -2.29. The van der Waals surface area contributed by atoms with Gasteiger partial charge in [-0.15, -0.1) is 0 Å². The summed E-state index contributed by atoms with van der Waals surface area (Å²) < 4.78 is 0. The highest BCUT2D eigenvalue weighted by Crippen LogP contribution is 2.16. The van der Waals surface area contributed by atoms with E-state index in [0.717, 1.165) is 18.4 Å². The van der Waals surface area contributed by atoms with Crippen LogP contribution in [0.25, 0.3) is 0 Å². The van der Waals surface area contributed by atoms with Gasteiger partial charge in [-0.2, -0.15) is 0 Å². The Hall–Kier alpha value is -1.84. The zero-order valence-corrected chi connectivity index (χ0v) is 10.6. The zero-order chi connectivity index (χ0) is 13.4. The van der Waals surface area contributed by atoms with Crippen LogP contribution in [-0.2, 0) is 9.59 Å². The summed E-state index contributed by atoms with van der Waals surface area (Å²) in [6, 6.07) is 8.74. The van der Waals surface area contributed by atoms with Crippen LogP contribution >= 0.6 is 0 Å². The molecule has 0 aliphatic carbocycles. The molecule has 0 unspecified atom stereocenters. The van der Waals surface area contributed by atoms with Gasteiger partial charge in [-0.3, -0.25) is 9.59 Å². The average molecular weight is 249 g/mol. The summed E-state index contributed by atoms with van der Waals surface area (Å²) in [5.41, 5.74) is 0.824. The Balaban J connectivity index is 2.67. The Labute approximate surface area is 107 Å². The summed E-state index contributed by atoms with van der Waals surface area (Å²) in [5, 5.41) is 11.7. The van der Waals surface area contributed by atoms with E-state index in [1.807, 2.05) is 37.3 Å². The summed E-state index contributed by atoms with van der Waals surface area (Å²) in [7, 11) is 0. The molecule has 0 saturated heterocycles. The van der Waals surface area contributed by atoms with Crippen LogP contribution < -0.4 is 5.32 Å². The van der Waals surface area contributed by atoms with Gasteiger partial charge in [0.25, 0.3) is 0 Å². The van der Waals surface area contributed by atoms with E-state index >= 15 is 0 Å². The van der Waals surface area contributed by atoms with Crippen LogP contribution in [0.4, 0.5) is 0 Å². The predicted molar refractivity (Wildman–Crippen MR) is 69.1 cm³/mol. The van der Waals surface area contributed by atoms with Crippen molar-refractivity contribution >= 4 is 11.9 Å². The second-order valence-electron chi connectivity index (χ2n) is 4.23. The largest absolute Gasteiger partial charge is 0.481 e. The Kier molecular flexibility index (Phi) is 5.91. The van der Waals surface area contributed by atoms with E-state index in [1.54, 1.807) is 0 Å². The van der Waals surface area contributed by atoms with Crippen LogP contribution in [-0.4, -0.2) is 17.0 Å². The molecule has 0 aromatic heterocycles. The number of carbonyl (C=O) groups excluding carboxylic acids is 1. The summed E-state index contributed by atoms with van der Waals surface area (Å²) in [5.74, 6) is -1.01. The lowest BCUT2D eigenvalue weighted by molar-refractivity contribution is -0.137. The van der Waals surface area contributed by atoms with Crippen molar-refractivity contribution in [3.8, 4) is 0 Å². The second-order valence-corrected chi connectivity index (χ2v) is 4.23. The van der Waals surface area contributed by atoms with Crippen LogP contribution in [0.5, 0.6) is 0 Å². The molecule has 1 amide bonds. The lowest BCUT2D eigenvalue weighted by Gasteiger charge is -2.17. The Morgan fingerprint density at radius 2 is 1.94 bits per heavy atom. The summed E-state index contributed by atoms with van der Waals surface area (Å²) >= 11 is 0. The molecule has 0 spiro atoms. The fourth-order valence-corrected chi connectivity index (χ4v) is 1.72. The van der Waals surface area contributed by atoms with Crippen LogP contribution in [0.15, 0.2) is 30.3 Å². The van der Waals surface area contributed by atoms with E-state index in [2.05, 4.69) is 5.32 Å². The van der Waals surface area contributed by atoms with Crippen molar-refractivity contribution in [3.05, 3.63) is 35.9 Å². The van der Waals surface area contributed by atoms with Gasteiger partial charge >= 0.3 is 5.97 Å². The van der Waals surface area contributed by atoms with Crippen molar-refractivity contribution in [3.63, 3.8) is 0 Å². The molecule has 1 atom stereocenters. The van der Waals surface area contributed by atoms with Gasteiger partial charge in [0.05, 0.1) is 12.5 Å². The molecule has 4 nitrogen and oxygen atoms in total. The van der Waals surface area contributed by atoms with Crippen molar-refractivity contribution < 1.29 is 14.7 Å². The number of carboxylic acids is 1. The molecule has 1 rings (SSSR count). The van der Waals surface area contributed by atoms with Crippen LogP contribution in [0.1, 0.15) is 44.2 Å². The van der Waals surface area contributed by atoms with E-state index < -0.39 is 12.0 Å². The van der Waals surface area contributed by atoms with Gasteiger partial charge in [0, 0.05) is 6.42 Å². The first kappa shape index (κ1) is 14.2. The van der Waals surface area contributed by atoms with Gasteiger partial charge in [-0.05, 0) is 12.0 Å². The van der Waals surface area contributed by atoms with Gasteiger partial charge in [-0.1, -0.05) is 43.7 Å². The molecule has 1 aromatic rings. The Bertz CT molecular complexity index is 389. The number of nitrogens with one attached hydrogen (secondary N) is 1. The first-order valence-corrected chi connectivity index (χ1v) is 6.19. The quantitative estimate of drug-likeness (QED) is 0.780. The maximum atomic E-state index is 11.7. The molecule has 0 heterocycles. The van der Waals surface area contributed by atoms with Gasteiger partial charge in [0.2, 0.25) is 5.91 Å². The molecule has 1 aromatic carbocycles. The molecule has 0 fully saturated rings. The Morgan fingerprint density at radius 1 is 1.28 bits per heavy atom. The molecular formula is C14H19NO3. The monoisotopic (exact) mass is 249 g/mol. The molecule has 4 heteroatoms. The molecule has 0 radical (unpaired) electrons. The highest BCUT2D eigenvalue weighted by molar-refractivity contribution is 5.77. The smallest absolute Gasteiger partial charge is 0.305 e. The number of hydrogen-bond acceptors (Lipinski definition) is 2. The maximum Gasteiger partial charge on any atom is 0.305 e. The fraction of sp³-hybridized carbons (Fsp3) is 0.429. The van der Waals surface area contributed by atoms with Gasteiger partial charge < -0.3 is 10.4 Å². The van der Waals surface area contributed by atoms with Gasteiger partial charge in [-0.25, -0.2) is 0 Å². The molecule has 0 bridgehead atoms. The summed E-state index contributed by atoms with van der Waals surface area (Å²) in [6.45, 7) is 2.01. The SMILES string of the molecule is CCCCC(=O)N[C@H](CC(=O)O)c1ccccc1. The molecule has 18 heavy (non-hydrogen) atoms. The minimum absolute atomic E-state index is 0.0908. The van der Waals surface area contributed by atoms with Gasteiger partial charge in [0.1, 0.15) is 0 Å². The third-order valence-electron chi connectivity index (χ3n) is 2.67. The van der Waals surface area contributed by atoms with Crippen molar-refractivity contribution in [2.75, 3.05) is 0 Å². The Morgan fingerprint density at radius 3 is 2.50 bits per heavy atom. The van der Waals surface area contributed by atoms with Crippen molar-refractivity contribution in [1.82, 2.24) is 5.32 Å². The number of amides is 1. The van der Waals surface area contributed by atoms with Crippen LogP contribution in [0.2, 0.25) is 0 Å². The third-order valence-corrected chi connectivity index (χ3v) is 2.67. The van der Waals surface area contributed by atoms with Gasteiger partial charge in [0.15, 0.2) is 0 Å². The number of benzene rings is 1. The number of unbranched alkanes of at least 4 members (excludes halogenated alkanes) is 1. The number of carboxylic acid groups (broad SMARTS) is 1. The van der Waals surface area contributed by atoms with Crippen molar-refractivity contribution in [2.24, 2.45) is 0 Å². The number of hydrogen-bond donors (Lipinski definition) is 2. The molecule has 0 saturated carbocycles. The first-order valence-electron chi connectivity index (χ1n) is 6.19. The van der Waals surface area contributed by atoms with E-state index in [4.69, 9.17) is 5.11 Å². The minimum Gasteiger partial charge on any atom is -0.481 e. The lowest BCUT2D eigenvalue weighted by atomic mass is 10.0. The van der Waals surface area contributed by atoms with Crippen LogP contribution in [0, 0.1) is 0 Å². The van der Waals surface area contributed by atoms with Crippen LogP contribution in [0.3, 0.4) is 0 Å². The molecule has 98 valence electrons. The van der Waals surface area contributed by atoms with Crippen molar-refractivity contribution in [1.29, 1.82) is 0 Å². The number of aliphatic carboxylic acids is 1. The topological polar surface area (TPSA) is 66.4 Å². The number of carbonyl (C=O) groups is 2. The molecular weight excluding hydrogens is 230 g/mol.